The molecule has 0 aliphatic heterocycles. The van der Waals surface area contributed by atoms with Crippen LogP contribution in [0.4, 0.5) is 13.2 Å². The van der Waals surface area contributed by atoms with Crippen molar-refractivity contribution in [2.24, 2.45) is 5.92 Å². The van der Waals surface area contributed by atoms with Gasteiger partial charge in [0.05, 0.1) is 5.54 Å². The zero-order valence-electron chi connectivity index (χ0n) is 11.0. The maximum Gasteiger partial charge on any atom is 0.406 e. The number of halogens is 3. The van der Waals surface area contributed by atoms with Crippen LogP contribution in [0.15, 0.2) is 0 Å². The van der Waals surface area contributed by atoms with Crippen molar-refractivity contribution in [3.63, 3.8) is 0 Å². The van der Waals surface area contributed by atoms with Gasteiger partial charge in [0.2, 0.25) is 5.91 Å². The van der Waals surface area contributed by atoms with Crippen LogP contribution in [-0.2, 0) is 4.79 Å². The third-order valence-electron chi connectivity index (χ3n) is 2.40. The molecule has 0 saturated heterocycles. The van der Waals surface area contributed by atoms with Gasteiger partial charge in [-0.2, -0.15) is 13.2 Å². The van der Waals surface area contributed by atoms with Crippen LogP contribution in [0.5, 0.6) is 0 Å². The molecule has 0 radical (unpaired) electrons. The van der Waals surface area contributed by atoms with Crippen molar-refractivity contribution in [2.45, 2.75) is 39.4 Å². The first kappa shape index (κ1) is 16.2. The molecule has 0 aromatic heterocycles. The molecule has 0 unspecified atom stereocenters. The number of nitrogens with zero attached hydrogens (tertiary/aromatic N) is 1. The highest BCUT2D eigenvalue weighted by Crippen LogP contribution is 2.19. The number of carbonyl (C=O) groups excluding carboxylic acids is 1. The summed E-state index contributed by atoms with van der Waals surface area (Å²) in [5, 5.41) is 2.72. The molecule has 0 aromatic carbocycles. The number of nitrogens with one attached hydrogen (secondary N) is 1. The van der Waals surface area contributed by atoms with Crippen LogP contribution in [0, 0.1) is 5.92 Å². The number of carbonyl (C=O) groups is 1. The second-order valence-electron chi connectivity index (χ2n) is 5.07. The molecule has 102 valence electrons. The van der Waals surface area contributed by atoms with Crippen LogP contribution < -0.4 is 5.32 Å². The minimum absolute atomic E-state index is 0.00560. The van der Waals surface area contributed by atoms with E-state index in [1.165, 1.54) is 0 Å². The molecule has 1 N–H and O–H groups in total. The Morgan fingerprint density at radius 3 is 2.06 bits per heavy atom. The fraction of sp³-hybridized carbons (Fsp3) is 0.909. The van der Waals surface area contributed by atoms with Gasteiger partial charge in [-0.1, -0.05) is 13.8 Å². The molecular formula is C11H21F3N2O. The summed E-state index contributed by atoms with van der Waals surface area (Å²) in [5.74, 6) is -0.542. The summed E-state index contributed by atoms with van der Waals surface area (Å²) < 4.78 is 37.2. The van der Waals surface area contributed by atoms with Crippen molar-refractivity contribution in [1.29, 1.82) is 0 Å². The van der Waals surface area contributed by atoms with Gasteiger partial charge in [0.15, 0.2) is 0 Å². The SMILES string of the molecule is CNC(C)(C)C(=O)N(CC(C)C)CC(F)(F)F. The number of amides is 1. The highest BCUT2D eigenvalue weighted by molar-refractivity contribution is 5.85. The smallest absolute Gasteiger partial charge is 0.332 e. The lowest BCUT2D eigenvalue weighted by Crippen LogP contribution is -2.55. The number of rotatable bonds is 5. The van der Waals surface area contributed by atoms with E-state index < -0.39 is 24.2 Å². The van der Waals surface area contributed by atoms with E-state index in [1.54, 1.807) is 34.7 Å². The van der Waals surface area contributed by atoms with E-state index in [1.807, 2.05) is 0 Å². The van der Waals surface area contributed by atoms with Gasteiger partial charge in [0.25, 0.3) is 0 Å². The Hall–Kier alpha value is -0.780. The molecule has 0 aliphatic rings. The van der Waals surface area contributed by atoms with Crippen molar-refractivity contribution in [3.05, 3.63) is 0 Å². The third kappa shape index (κ3) is 5.91. The van der Waals surface area contributed by atoms with Crippen LogP contribution in [0.1, 0.15) is 27.7 Å². The first-order valence-corrected chi connectivity index (χ1v) is 5.54. The lowest BCUT2D eigenvalue weighted by molar-refractivity contribution is -0.165. The standard InChI is InChI=1S/C11H21F3N2O/c1-8(2)6-16(7-11(12,13)14)9(17)10(3,4)15-5/h8,15H,6-7H2,1-5H3. The number of hydrogen-bond acceptors (Lipinski definition) is 2. The molecule has 0 spiro atoms. The predicted molar refractivity (Wildman–Crippen MR) is 60.6 cm³/mol. The summed E-state index contributed by atoms with van der Waals surface area (Å²) in [7, 11) is 1.55. The zero-order valence-corrected chi connectivity index (χ0v) is 11.0. The fourth-order valence-electron chi connectivity index (χ4n) is 1.38. The Labute approximate surface area is 100 Å². The van der Waals surface area contributed by atoms with Gasteiger partial charge >= 0.3 is 6.18 Å². The Bertz CT molecular complexity index is 262. The van der Waals surface area contributed by atoms with E-state index in [9.17, 15) is 18.0 Å². The average Bonchev–Trinajstić information content (AvgIpc) is 2.12. The molecule has 0 rings (SSSR count). The lowest BCUT2D eigenvalue weighted by atomic mass is 10.0. The normalized spacial score (nSPS) is 13.0. The number of hydrogen-bond donors (Lipinski definition) is 1. The molecule has 0 bridgehead atoms. The van der Waals surface area contributed by atoms with E-state index in [0.717, 1.165) is 4.90 Å². The fourth-order valence-corrected chi connectivity index (χ4v) is 1.38. The van der Waals surface area contributed by atoms with E-state index in [4.69, 9.17) is 0 Å². The minimum atomic E-state index is -4.37. The maximum atomic E-state index is 12.4. The monoisotopic (exact) mass is 254 g/mol. The Morgan fingerprint density at radius 1 is 1.29 bits per heavy atom. The summed E-state index contributed by atoms with van der Waals surface area (Å²) >= 11 is 0. The molecule has 0 atom stereocenters. The van der Waals surface area contributed by atoms with Crippen molar-refractivity contribution in [1.82, 2.24) is 10.2 Å². The Kier molecular flexibility index (Phi) is 5.45. The van der Waals surface area contributed by atoms with E-state index in [0.29, 0.717) is 0 Å². The minimum Gasteiger partial charge on any atom is -0.332 e. The second kappa shape index (κ2) is 5.71. The van der Waals surface area contributed by atoms with Gasteiger partial charge in [-0.15, -0.1) is 0 Å². The predicted octanol–water partition coefficient (Wildman–Crippen LogP) is 2.03. The Morgan fingerprint density at radius 2 is 1.76 bits per heavy atom. The molecule has 6 heteroatoms. The van der Waals surface area contributed by atoms with Crippen LogP contribution in [0.25, 0.3) is 0 Å². The number of alkyl halides is 3. The first-order valence-electron chi connectivity index (χ1n) is 5.54. The van der Waals surface area contributed by atoms with Crippen LogP contribution in [0.2, 0.25) is 0 Å². The molecule has 3 nitrogen and oxygen atoms in total. The molecule has 17 heavy (non-hydrogen) atoms. The zero-order chi connectivity index (χ0) is 13.9. The molecule has 0 heterocycles. The van der Waals surface area contributed by atoms with Crippen molar-refractivity contribution in [2.75, 3.05) is 20.1 Å². The third-order valence-corrected chi connectivity index (χ3v) is 2.40. The van der Waals surface area contributed by atoms with Gasteiger partial charge in [0.1, 0.15) is 6.54 Å². The topological polar surface area (TPSA) is 32.3 Å². The lowest BCUT2D eigenvalue weighted by Gasteiger charge is -2.33. The molecule has 0 aromatic rings. The quantitative estimate of drug-likeness (QED) is 0.814. The van der Waals surface area contributed by atoms with E-state index in [-0.39, 0.29) is 12.5 Å². The molecule has 0 aliphatic carbocycles. The highest BCUT2D eigenvalue weighted by Gasteiger charge is 2.38. The Balaban J connectivity index is 4.86. The summed E-state index contributed by atoms with van der Waals surface area (Å²) in [4.78, 5) is 12.8. The number of likely N-dealkylation sites (N-methyl/N-ethyl adjacent to an activating group) is 1. The van der Waals surface area contributed by atoms with Gasteiger partial charge < -0.3 is 10.2 Å². The van der Waals surface area contributed by atoms with Crippen molar-refractivity contribution >= 4 is 5.91 Å². The van der Waals surface area contributed by atoms with Crippen molar-refractivity contribution < 1.29 is 18.0 Å². The van der Waals surface area contributed by atoms with Gasteiger partial charge in [0, 0.05) is 6.54 Å². The molecule has 0 fully saturated rings. The summed E-state index contributed by atoms with van der Waals surface area (Å²) in [6.07, 6.45) is -4.37. The summed E-state index contributed by atoms with van der Waals surface area (Å²) in [6, 6.07) is 0. The van der Waals surface area contributed by atoms with Crippen LogP contribution in [0.3, 0.4) is 0 Å². The van der Waals surface area contributed by atoms with Gasteiger partial charge in [-0.3, -0.25) is 4.79 Å². The summed E-state index contributed by atoms with van der Waals surface area (Å²) in [5.41, 5.74) is -0.986. The molecule has 0 saturated carbocycles. The largest absolute Gasteiger partial charge is 0.406 e. The van der Waals surface area contributed by atoms with Gasteiger partial charge in [-0.25, -0.2) is 0 Å². The van der Waals surface area contributed by atoms with Crippen LogP contribution in [-0.4, -0.2) is 42.7 Å². The molecular weight excluding hydrogens is 233 g/mol. The first-order chi connectivity index (χ1) is 7.49. The average molecular weight is 254 g/mol. The highest BCUT2D eigenvalue weighted by atomic mass is 19.4. The van der Waals surface area contributed by atoms with E-state index >= 15 is 0 Å². The maximum absolute atomic E-state index is 12.4. The second-order valence-corrected chi connectivity index (χ2v) is 5.07. The van der Waals surface area contributed by atoms with E-state index in [2.05, 4.69) is 5.32 Å². The van der Waals surface area contributed by atoms with Crippen molar-refractivity contribution in [3.8, 4) is 0 Å². The van der Waals surface area contributed by atoms with Gasteiger partial charge in [-0.05, 0) is 26.8 Å². The molecule has 1 amide bonds. The van der Waals surface area contributed by atoms with Crippen LogP contribution >= 0.6 is 0 Å². The summed E-state index contributed by atoms with van der Waals surface area (Å²) in [6.45, 7) is 5.60.